The number of nitrogens with zero attached hydrogens (tertiary/aromatic N) is 3. The van der Waals surface area contributed by atoms with Gasteiger partial charge in [-0.1, -0.05) is 0 Å². The lowest BCUT2D eigenvalue weighted by atomic mass is 10.4. The minimum absolute atomic E-state index is 0.370. The van der Waals surface area contributed by atoms with Gasteiger partial charge < -0.3 is 0 Å². The van der Waals surface area contributed by atoms with Gasteiger partial charge in [0.05, 0.1) is 0 Å². The average molecular weight is 754 g/mol. The van der Waals surface area contributed by atoms with E-state index in [0.29, 0.717) is 19.6 Å². The fraction of sp³-hybridized carbons (Fsp3) is 0.889. The average Bonchev–Trinajstić information content (AvgIpc) is 2.99. The van der Waals surface area contributed by atoms with E-state index in [1.165, 1.54) is 48.2 Å². The van der Waals surface area contributed by atoms with E-state index in [0.717, 1.165) is 71.0 Å². The van der Waals surface area contributed by atoms with Gasteiger partial charge in [-0.25, -0.2) is 28.1 Å². The van der Waals surface area contributed by atoms with Crippen LogP contribution in [0.25, 0.3) is 0 Å². The summed E-state index contributed by atoms with van der Waals surface area (Å²) >= 11 is 17.2. The molecule has 0 aliphatic carbocycles. The van der Waals surface area contributed by atoms with Gasteiger partial charge in [0.1, 0.15) is 0 Å². The summed E-state index contributed by atoms with van der Waals surface area (Å²) in [6, 6.07) is 0. The first-order chi connectivity index (χ1) is 20.6. The van der Waals surface area contributed by atoms with Gasteiger partial charge in [0.2, 0.25) is 0 Å². The molecule has 0 N–H and O–H groups in total. The molecule has 0 saturated carbocycles. The van der Waals surface area contributed by atoms with Crippen LogP contribution in [0.4, 0.5) is 0 Å². The van der Waals surface area contributed by atoms with E-state index in [9.17, 15) is 14.4 Å². The quantitative estimate of drug-likeness (QED) is 0.0889. The van der Waals surface area contributed by atoms with Crippen LogP contribution in [0.1, 0.15) is 19.3 Å². The maximum Gasteiger partial charge on any atom is 0.336 e. The molecule has 0 bridgehead atoms. The van der Waals surface area contributed by atoms with Crippen LogP contribution in [0.2, 0.25) is 0 Å². The van der Waals surface area contributed by atoms with Gasteiger partial charge in [-0.05, 0) is 55.3 Å². The van der Waals surface area contributed by atoms with Crippen LogP contribution in [0.5, 0.6) is 0 Å². The van der Waals surface area contributed by atoms with Crippen LogP contribution in [0.15, 0.2) is 14.4 Å². The molecule has 0 unspecified atom stereocenters. The zero-order valence-electron chi connectivity index (χ0n) is 25.6. The molecule has 0 aromatic carbocycles. The highest BCUT2D eigenvalue weighted by Gasteiger charge is 2.15. The number of hydrogen-bond donors (Lipinski definition) is 0. The van der Waals surface area contributed by atoms with Crippen molar-refractivity contribution in [3.05, 3.63) is 31.5 Å². The third kappa shape index (κ3) is 19.9. The molecular formula is C27H51N3O3S9. The topological polar surface area (TPSA) is 66.0 Å². The van der Waals surface area contributed by atoms with Gasteiger partial charge in [0, 0.05) is 88.7 Å². The Morgan fingerprint density at radius 2 is 0.571 bits per heavy atom. The number of rotatable bonds is 30. The highest BCUT2D eigenvalue weighted by molar-refractivity contribution is 8.05. The molecule has 0 saturated heterocycles. The second-order valence-corrected chi connectivity index (χ2v) is 19.3. The monoisotopic (exact) mass is 753 g/mol. The highest BCUT2D eigenvalue weighted by Crippen LogP contribution is 2.12. The summed E-state index contributed by atoms with van der Waals surface area (Å²) in [6.45, 7) is 1.11. The van der Waals surface area contributed by atoms with E-state index in [1.54, 1.807) is 0 Å². The first-order valence-electron chi connectivity index (χ1n) is 14.5. The zero-order valence-corrected chi connectivity index (χ0v) is 32.9. The minimum atomic E-state index is -0.437. The molecule has 0 radical (unpaired) electrons. The Balaban J connectivity index is 2.70. The Bertz CT molecular complexity index is 810. The summed E-state index contributed by atoms with van der Waals surface area (Å²) in [5.74, 6) is 16.5. The molecule has 0 aliphatic heterocycles. The van der Waals surface area contributed by atoms with Crippen molar-refractivity contribution >= 4 is 106 Å². The van der Waals surface area contributed by atoms with Gasteiger partial charge in [-0.15, -0.1) is 0 Å². The smallest absolute Gasteiger partial charge is 0.247 e. The Kier molecular flexibility index (Phi) is 29.6. The predicted octanol–water partition coefficient (Wildman–Crippen LogP) is 5.83. The molecule has 0 atom stereocenters. The molecule has 0 amide bonds. The molecule has 1 heterocycles. The summed E-state index contributed by atoms with van der Waals surface area (Å²) in [5.41, 5.74) is -1.31. The van der Waals surface area contributed by atoms with E-state index in [4.69, 9.17) is 0 Å². The van der Waals surface area contributed by atoms with Crippen LogP contribution in [-0.2, 0) is 19.6 Å². The Morgan fingerprint density at radius 3 is 0.810 bits per heavy atom. The fourth-order valence-corrected chi connectivity index (χ4v) is 12.1. The summed E-state index contributed by atoms with van der Waals surface area (Å²) in [4.78, 5) is 39.9. The predicted molar refractivity (Wildman–Crippen MR) is 212 cm³/mol. The summed E-state index contributed by atoms with van der Waals surface area (Å²) < 4.78 is 3.96. The number of aromatic nitrogens is 3. The number of thioether (sulfide) groups is 9. The van der Waals surface area contributed by atoms with Crippen molar-refractivity contribution in [2.45, 2.75) is 38.9 Å². The Morgan fingerprint density at radius 1 is 0.357 bits per heavy atom. The molecule has 0 spiro atoms. The largest absolute Gasteiger partial charge is 0.336 e. The zero-order chi connectivity index (χ0) is 30.7. The standard InChI is InChI=1S/C27H51N3O3S9/c1-34-13-16-40-22-19-37-10-4-7-28-25(31)29(8-5-11-38-20-23-41-17-14-35-2)27(33)30(26(28)32)9-6-12-39-21-24-42-18-15-36-3/h4-24H2,1-3H3. The minimum Gasteiger partial charge on any atom is -0.247 e. The maximum absolute atomic E-state index is 13.3. The van der Waals surface area contributed by atoms with Crippen LogP contribution in [0.3, 0.4) is 0 Å². The van der Waals surface area contributed by atoms with Crippen molar-refractivity contribution in [2.24, 2.45) is 0 Å². The molecule has 1 aromatic rings. The molecule has 246 valence electrons. The second-order valence-electron chi connectivity index (χ2n) is 9.02. The van der Waals surface area contributed by atoms with Crippen LogP contribution in [0, 0.1) is 0 Å². The van der Waals surface area contributed by atoms with E-state index >= 15 is 0 Å². The van der Waals surface area contributed by atoms with E-state index in [2.05, 4.69) is 18.8 Å². The van der Waals surface area contributed by atoms with E-state index in [1.807, 2.05) is 106 Å². The Hall–Kier alpha value is 1.56. The molecule has 0 aliphatic rings. The first kappa shape index (κ1) is 41.6. The Labute approximate surface area is 292 Å². The second kappa shape index (κ2) is 29.9. The van der Waals surface area contributed by atoms with Gasteiger partial charge in [0.15, 0.2) is 0 Å². The first-order valence-corrected chi connectivity index (χ1v) is 25.6. The SMILES string of the molecule is CSCCSCCSCCCn1c(=O)n(CCCSCCSCCSC)c(=O)n(CCCSCCSCCSC)c1=O. The van der Waals surface area contributed by atoms with Crippen molar-refractivity contribution in [1.82, 2.24) is 13.7 Å². The van der Waals surface area contributed by atoms with Crippen molar-refractivity contribution in [1.29, 1.82) is 0 Å². The molecule has 0 fully saturated rings. The number of hydrogen-bond acceptors (Lipinski definition) is 12. The third-order valence-electron chi connectivity index (χ3n) is 5.81. The molecule has 42 heavy (non-hydrogen) atoms. The fourth-order valence-electron chi connectivity index (χ4n) is 3.62. The van der Waals surface area contributed by atoms with Gasteiger partial charge >= 0.3 is 17.1 Å². The van der Waals surface area contributed by atoms with E-state index in [-0.39, 0.29) is 0 Å². The lowest BCUT2D eigenvalue weighted by Crippen LogP contribution is -2.54. The van der Waals surface area contributed by atoms with E-state index < -0.39 is 17.1 Å². The summed E-state index contributed by atoms with van der Waals surface area (Å²) in [5, 5.41) is 0. The third-order valence-corrected chi connectivity index (χ3v) is 15.4. The van der Waals surface area contributed by atoms with Crippen molar-refractivity contribution in [3.8, 4) is 0 Å². The lowest BCUT2D eigenvalue weighted by molar-refractivity contribution is 0.440. The molecule has 15 heteroatoms. The molecule has 1 rings (SSSR count). The van der Waals surface area contributed by atoms with Crippen molar-refractivity contribution in [3.63, 3.8) is 0 Å². The maximum atomic E-state index is 13.3. The molecule has 1 aromatic heterocycles. The van der Waals surface area contributed by atoms with Gasteiger partial charge in [0.25, 0.3) is 0 Å². The normalized spacial score (nSPS) is 11.5. The van der Waals surface area contributed by atoms with Crippen molar-refractivity contribution in [2.75, 3.05) is 105 Å². The van der Waals surface area contributed by atoms with Gasteiger partial charge in [-0.2, -0.15) is 106 Å². The van der Waals surface area contributed by atoms with Gasteiger partial charge in [-0.3, -0.25) is 0 Å². The molecular weight excluding hydrogens is 703 g/mol. The summed E-state index contributed by atoms with van der Waals surface area (Å²) in [6.07, 6.45) is 8.66. The highest BCUT2D eigenvalue weighted by atomic mass is 32.2. The lowest BCUT2D eigenvalue weighted by Gasteiger charge is -2.14. The van der Waals surface area contributed by atoms with Crippen LogP contribution >= 0.6 is 106 Å². The van der Waals surface area contributed by atoms with Crippen LogP contribution < -0.4 is 17.1 Å². The molecule has 6 nitrogen and oxygen atoms in total. The van der Waals surface area contributed by atoms with Crippen molar-refractivity contribution < 1.29 is 0 Å². The van der Waals surface area contributed by atoms with Crippen LogP contribution in [-0.4, -0.2) is 119 Å². The summed E-state index contributed by atoms with van der Waals surface area (Å²) in [7, 11) is 0.